The lowest BCUT2D eigenvalue weighted by Gasteiger charge is -2.47. The van der Waals surface area contributed by atoms with Crippen molar-refractivity contribution in [3.8, 4) is 11.5 Å². The predicted octanol–water partition coefficient (Wildman–Crippen LogP) is 2.20. The van der Waals surface area contributed by atoms with E-state index in [1.165, 1.54) is 0 Å². The maximum absolute atomic E-state index is 10.2. The first kappa shape index (κ1) is 12.6. The number of hydrogen-bond acceptors (Lipinski definition) is 4. The second-order valence-electron chi connectivity index (χ2n) is 5.79. The van der Waals surface area contributed by atoms with Crippen molar-refractivity contribution in [1.82, 2.24) is 0 Å². The molecule has 1 unspecified atom stereocenters. The van der Waals surface area contributed by atoms with Gasteiger partial charge in [0.25, 0.3) is 0 Å². The molecule has 0 spiro atoms. The summed E-state index contributed by atoms with van der Waals surface area (Å²) in [4.78, 5) is 2.26. The average Bonchev–Trinajstić information content (AvgIpc) is 2.41. The van der Waals surface area contributed by atoms with Gasteiger partial charge in [-0.15, -0.1) is 0 Å². The van der Waals surface area contributed by atoms with Crippen LogP contribution in [0.1, 0.15) is 26.7 Å². The van der Waals surface area contributed by atoms with Crippen molar-refractivity contribution in [2.24, 2.45) is 0 Å². The number of rotatable bonds is 1. The summed E-state index contributed by atoms with van der Waals surface area (Å²) in [5.41, 5.74) is 0.843. The minimum absolute atomic E-state index is 0.248. The summed E-state index contributed by atoms with van der Waals surface area (Å²) >= 11 is 0. The molecule has 0 radical (unpaired) electrons. The van der Waals surface area contributed by atoms with E-state index < -0.39 is 0 Å². The van der Waals surface area contributed by atoms with Gasteiger partial charge in [0.15, 0.2) is 11.5 Å². The SMILES string of the molecule is CC1(C)C(O)CCCN1c1ccc2c(c1)OCCO2. The second-order valence-corrected chi connectivity index (χ2v) is 5.79. The van der Waals surface area contributed by atoms with Gasteiger partial charge >= 0.3 is 0 Å². The molecule has 2 heterocycles. The van der Waals surface area contributed by atoms with E-state index in [-0.39, 0.29) is 11.6 Å². The number of nitrogens with zero attached hydrogens (tertiary/aromatic N) is 1. The van der Waals surface area contributed by atoms with Crippen LogP contribution in [0.5, 0.6) is 11.5 Å². The smallest absolute Gasteiger partial charge is 0.163 e. The van der Waals surface area contributed by atoms with Gasteiger partial charge in [-0.05, 0) is 38.8 Å². The van der Waals surface area contributed by atoms with Gasteiger partial charge in [-0.3, -0.25) is 0 Å². The summed E-state index contributed by atoms with van der Waals surface area (Å²) in [6, 6.07) is 6.03. The summed E-state index contributed by atoms with van der Waals surface area (Å²) in [6.07, 6.45) is 1.59. The number of aliphatic hydroxyl groups is 1. The number of anilines is 1. The Morgan fingerprint density at radius 1 is 1.21 bits per heavy atom. The number of fused-ring (bicyclic) bond motifs is 1. The van der Waals surface area contributed by atoms with Gasteiger partial charge in [0, 0.05) is 18.3 Å². The Labute approximate surface area is 113 Å². The molecule has 104 valence electrons. The minimum Gasteiger partial charge on any atom is -0.486 e. The fourth-order valence-corrected chi connectivity index (χ4v) is 2.93. The van der Waals surface area contributed by atoms with E-state index in [1.807, 2.05) is 18.2 Å². The molecule has 1 saturated heterocycles. The number of ether oxygens (including phenoxy) is 2. The molecule has 4 nitrogen and oxygen atoms in total. The Kier molecular flexibility index (Phi) is 3.05. The standard InChI is InChI=1S/C15H21NO3/c1-15(2)14(17)4-3-7-16(15)11-5-6-12-13(10-11)19-9-8-18-12/h5-6,10,14,17H,3-4,7-9H2,1-2H3. The number of piperidine rings is 1. The van der Waals surface area contributed by atoms with Crippen molar-refractivity contribution in [1.29, 1.82) is 0 Å². The van der Waals surface area contributed by atoms with Crippen molar-refractivity contribution in [3.05, 3.63) is 18.2 Å². The highest BCUT2D eigenvalue weighted by Gasteiger charge is 2.37. The van der Waals surface area contributed by atoms with Crippen LogP contribution in [0.4, 0.5) is 5.69 Å². The van der Waals surface area contributed by atoms with Gasteiger partial charge in [-0.25, -0.2) is 0 Å². The molecule has 1 fully saturated rings. The highest BCUT2D eigenvalue weighted by atomic mass is 16.6. The molecule has 0 aromatic heterocycles. The minimum atomic E-state index is -0.297. The van der Waals surface area contributed by atoms with E-state index in [4.69, 9.17) is 9.47 Å². The van der Waals surface area contributed by atoms with Gasteiger partial charge in [0.1, 0.15) is 13.2 Å². The molecule has 1 aromatic carbocycles. The van der Waals surface area contributed by atoms with Crippen LogP contribution in [0.25, 0.3) is 0 Å². The van der Waals surface area contributed by atoms with E-state index >= 15 is 0 Å². The zero-order chi connectivity index (χ0) is 13.5. The topological polar surface area (TPSA) is 41.9 Å². The maximum Gasteiger partial charge on any atom is 0.163 e. The fourth-order valence-electron chi connectivity index (χ4n) is 2.93. The van der Waals surface area contributed by atoms with Crippen molar-refractivity contribution in [2.45, 2.75) is 38.3 Å². The fraction of sp³-hybridized carbons (Fsp3) is 0.600. The Bertz CT molecular complexity index is 472. The molecule has 0 aliphatic carbocycles. The lowest BCUT2D eigenvalue weighted by Crippen LogP contribution is -2.56. The first-order valence-electron chi connectivity index (χ1n) is 6.94. The molecule has 0 bridgehead atoms. The van der Waals surface area contributed by atoms with E-state index in [9.17, 15) is 5.11 Å². The highest BCUT2D eigenvalue weighted by molar-refractivity contribution is 5.58. The van der Waals surface area contributed by atoms with Gasteiger partial charge in [-0.2, -0.15) is 0 Å². The molecular weight excluding hydrogens is 242 g/mol. The highest BCUT2D eigenvalue weighted by Crippen LogP contribution is 2.38. The number of hydrogen-bond donors (Lipinski definition) is 1. The molecule has 2 aliphatic rings. The lowest BCUT2D eigenvalue weighted by molar-refractivity contribution is 0.0711. The van der Waals surface area contributed by atoms with E-state index in [2.05, 4.69) is 18.7 Å². The van der Waals surface area contributed by atoms with Gasteiger partial charge in [-0.1, -0.05) is 0 Å². The third kappa shape index (κ3) is 2.14. The van der Waals surface area contributed by atoms with Crippen molar-refractivity contribution >= 4 is 5.69 Å². The molecule has 1 N–H and O–H groups in total. The molecule has 19 heavy (non-hydrogen) atoms. The van der Waals surface area contributed by atoms with Crippen molar-refractivity contribution in [3.63, 3.8) is 0 Å². The van der Waals surface area contributed by atoms with Crippen LogP contribution in [-0.2, 0) is 0 Å². The van der Waals surface area contributed by atoms with Crippen molar-refractivity contribution in [2.75, 3.05) is 24.7 Å². The third-order valence-electron chi connectivity index (χ3n) is 4.21. The summed E-state index contributed by atoms with van der Waals surface area (Å²) in [6.45, 7) is 6.35. The Balaban J connectivity index is 1.93. The lowest BCUT2D eigenvalue weighted by atomic mass is 9.86. The van der Waals surface area contributed by atoms with Crippen LogP contribution in [0.2, 0.25) is 0 Å². The molecule has 4 heteroatoms. The molecule has 1 atom stereocenters. The Morgan fingerprint density at radius 3 is 2.74 bits per heavy atom. The van der Waals surface area contributed by atoms with Crippen LogP contribution in [0.15, 0.2) is 18.2 Å². The predicted molar refractivity (Wildman–Crippen MR) is 74.1 cm³/mol. The average molecular weight is 263 g/mol. The first-order chi connectivity index (χ1) is 9.09. The number of aliphatic hydroxyl groups excluding tert-OH is 1. The van der Waals surface area contributed by atoms with Gasteiger partial charge in [0.2, 0.25) is 0 Å². The van der Waals surface area contributed by atoms with Gasteiger partial charge < -0.3 is 19.5 Å². The normalized spacial score (nSPS) is 25.2. The third-order valence-corrected chi connectivity index (χ3v) is 4.21. The largest absolute Gasteiger partial charge is 0.486 e. The molecule has 3 rings (SSSR count). The Hall–Kier alpha value is -1.42. The zero-order valence-corrected chi connectivity index (χ0v) is 11.6. The van der Waals surface area contributed by atoms with Crippen LogP contribution in [0.3, 0.4) is 0 Å². The molecular formula is C15H21NO3. The van der Waals surface area contributed by atoms with Gasteiger partial charge in [0.05, 0.1) is 11.6 Å². The molecule has 0 amide bonds. The number of benzene rings is 1. The monoisotopic (exact) mass is 263 g/mol. The molecule has 2 aliphatic heterocycles. The molecule has 1 aromatic rings. The second kappa shape index (κ2) is 4.60. The Morgan fingerprint density at radius 2 is 1.95 bits per heavy atom. The summed E-state index contributed by atoms with van der Waals surface area (Å²) in [5.74, 6) is 1.62. The summed E-state index contributed by atoms with van der Waals surface area (Å²) in [7, 11) is 0. The van der Waals surface area contributed by atoms with Crippen LogP contribution in [-0.4, -0.2) is 36.5 Å². The quantitative estimate of drug-likeness (QED) is 0.843. The van der Waals surface area contributed by atoms with Crippen LogP contribution < -0.4 is 14.4 Å². The summed E-state index contributed by atoms with van der Waals surface area (Å²) in [5, 5.41) is 10.2. The van der Waals surface area contributed by atoms with E-state index in [0.717, 1.165) is 36.6 Å². The van der Waals surface area contributed by atoms with Crippen LogP contribution >= 0.6 is 0 Å². The summed E-state index contributed by atoms with van der Waals surface area (Å²) < 4.78 is 11.2. The molecule has 0 saturated carbocycles. The zero-order valence-electron chi connectivity index (χ0n) is 11.6. The van der Waals surface area contributed by atoms with Crippen molar-refractivity contribution < 1.29 is 14.6 Å². The van der Waals surface area contributed by atoms with Crippen LogP contribution in [0, 0.1) is 0 Å². The maximum atomic E-state index is 10.2. The first-order valence-corrected chi connectivity index (χ1v) is 6.94. The van der Waals surface area contributed by atoms with E-state index in [0.29, 0.717) is 13.2 Å². The van der Waals surface area contributed by atoms with E-state index in [1.54, 1.807) is 0 Å².